The molecule has 4 unspecified atom stereocenters. The molecule has 4 atom stereocenters. The first-order valence-corrected chi connectivity index (χ1v) is 7.73. The lowest BCUT2D eigenvalue weighted by Crippen LogP contribution is -2.52. The molecule has 0 radical (unpaired) electrons. The van der Waals surface area contributed by atoms with Crippen LogP contribution < -0.4 is 5.73 Å². The average molecular weight is 268 g/mol. The first kappa shape index (κ1) is 14.8. The van der Waals surface area contributed by atoms with Gasteiger partial charge in [0.25, 0.3) is 0 Å². The Bertz CT molecular complexity index is 324. The molecule has 1 heterocycles. The van der Waals surface area contributed by atoms with Crippen molar-refractivity contribution in [3.05, 3.63) is 0 Å². The molecule has 2 rings (SSSR count). The second-order valence-electron chi connectivity index (χ2n) is 6.59. The third kappa shape index (κ3) is 2.95. The molecule has 0 bridgehead atoms. The van der Waals surface area contributed by atoms with Crippen LogP contribution in [0.25, 0.3) is 0 Å². The molecule has 19 heavy (non-hydrogen) atoms. The fourth-order valence-electron chi connectivity index (χ4n) is 4.01. The van der Waals surface area contributed by atoms with Crippen LogP contribution in [0.15, 0.2) is 0 Å². The lowest BCUT2D eigenvalue weighted by atomic mass is 9.85. The van der Waals surface area contributed by atoms with Crippen LogP contribution in [0.1, 0.15) is 58.8 Å². The highest BCUT2D eigenvalue weighted by Crippen LogP contribution is 2.37. The summed E-state index contributed by atoms with van der Waals surface area (Å²) >= 11 is 0. The maximum atomic E-state index is 11.4. The van der Waals surface area contributed by atoms with Crippen LogP contribution in [-0.4, -0.2) is 40.1 Å². The Balaban J connectivity index is 1.92. The summed E-state index contributed by atoms with van der Waals surface area (Å²) in [4.78, 5) is 13.9. The van der Waals surface area contributed by atoms with Crippen molar-refractivity contribution < 1.29 is 9.90 Å². The monoisotopic (exact) mass is 268 g/mol. The summed E-state index contributed by atoms with van der Waals surface area (Å²) in [6.45, 7) is 5.58. The van der Waals surface area contributed by atoms with Crippen LogP contribution in [0.4, 0.5) is 0 Å². The van der Waals surface area contributed by atoms with Crippen LogP contribution >= 0.6 is 0 Å². The van der Waals surface area contributed by atoms with Crippen LogP contribution in [-0.2, 0) is 4.79 Å². The summed E-state index contributed by atoms with van der Waals surface area (Å²) in [6, 6.07) is 1.25. The van der Waals surface area contributed by atoms with E-state index in [4.69, 9.17) is 5.73 Å². The summed E-state index contributed by atoms with van der Waals surface area (Å²) in [5, 5.41) is 9.35. The second kappa shape index (κ2) is 5.80. The number of nitrogens with two attached hydrogens (primary N) is 1. The molecule has 1 aliphatic carbocycles. The number of hydrogen-bond acceptors (Lipinski definition) is 3. The largest absolute Gasteiger partial charge is 0.480 e. The lowest BCUT2D eigenvalue weighted by Gasteiger charge is -2.40. The molecule has 0 aromatic rings. The Morgan fingerprint density at radius 2 is 1.89 bits per heavy atom. The minimum Gasteiger partial charge on any atom is -0.480 e. The minimum atomic E-state index is -0.970. The van der Waals surface area contributed by atoms with E-state index in [9.17, 15) is 9.90 Å². The Labute approximate surface area is 116 Å². The van der Waals surface area contributed by atoms with Crippen LogP contribution in [0.2, 0.25) is 0 Å². The second-order valence-corrected chi connectivity index (χ2v) is 6.59. The van der Waals surface area contributed by atoms with Crippen molar-refractivity contribution >= 4 is 5.97 Å². The fourth-order valence-corrected chi connectivity index (χ4v) is 4.01. The molecule has 0 amide bonds. The molecule has 110 valence electrons. The topological polar surface area (TPSA) is 66.6 Å². The van der Waals surface area contributed by atoms with Gasteiger partial charge in [0.15, 0.2) is 0 Å². The standard InChI is InChI=1S/C15H28N2O2/c1-11-5-3-6-12(2)17(11)10-8-13-7-4-9-15(13,16)14(18)19/h11-13H,3-10,16H2,1-2H3,(H,18,19). The number of hydrogen-bond donors (Lipinski definition) is 2. The van der Waals surface area contributed by atoms with Gasteiger partial charge in [0.1, 0.15) is 5.54 Å². The fraction of sp³-hybridized carbons (Fsp3) is 0.933. The van der Waals surface area contributed by atoms with E-state index in [2.05, 4.69) is 18.7 Å². The Hall–Kier alpha value is -0.610. The number of nitrogens with zero attached hydrogens (tertiary/aromatic N) is 1. The van der Waals surface area contributed by atoms with E-state index in [-0.39, 0.29) is 5.92 Å². The first-order chi connectivity index (χ1) is 8.95. The molecule has 2 aliphatic rings. The normalized spacial score (nSPS) is 40.5. The summed E-state index contributed by atoms with van der Waals surface area (Å²) < 4.78 is 0. The number of piperidine rings is 1. The number of likely N-dealkylation sites (tertiary alicyclic amines) is 1. The molecule has 1 saturated carbocycles. The Kier molecular flexibility index (Phi) is 4.51. The quantitative estimate of drug-likeness (QED) is 0.820. The molecule has 1 saturated heterocycles. The first-order valence-electron chi connectivity index (χ1n) is 7.73. The highest BCUT2D eigenvalue weighted by atomic mass is 16.4. The van der Waals surface area contributed by atoms with Gasteiger partial charge in [0, 0.05) is 12.1 Å². The average Bonchev–Trinajstić information content (AvgIpc) is 2.72. The minimum absolute atomic E-state index is 0.145. The Morgan fingerprint density at radius 3 is 2.47 bits per heavy atom. The van der Waals surface area contributed by atoms with Gasteiger partial charge in [0.2, 0.25) is 0 Å². The molecule has 2 fully saturated rings. The van der Waals surface area contributed by atoms with Gasteiger partial charge in [-0.15, -0.1) is 0 Å². The summed E-state index contributed by atoms with van der Waals surface area (Å²) in [5.41, 5.74) is 5.14. The van der Waals surface area contributed by atoms with E-state index in [0.29, 0.717) is 18.5 Å². The maximum absolute atomic E-state index is 11.4. The van der Waals surface area contributed by atoms with Gasteiger partial charge in [-0.05, 0) is 58.4 Å². The summed E-state index contributed by atoms with van der Waals surface area (Å²) in [7, 11) is 0. The van der Waals surface area contributed by atoms with Gasteiger partial charge in [-0.3, -0.25) is 9.69 Å². The van der Waals surface area contributed by atoms with E-state index in [0.717, 1.165) is 25.8 Å². The van der Waals surface area contributed by atoms with Crippen molar-refractivity contribution in [3.63, 3.8) is 0 Å². The zero-order valence-corrected chi connectivity index (χ0v) is 12.3. The van der Waals surface area contributed by atoms with Crippen molar-refractivity contribution in [2.24, 2.45) is 11.7 Å². The number of carboxylic acids is 1. The SMILES string of the molecule is CC1CCCC(C)N1CCC1CCCC1(N)C(=O)O. The van der Waals surface area contributed by atoms with Gasteiger partial charge >= 0.3 is 5.97 Å². The van der Waals surface area contributed by atoms with Crippen molar-refractivity contribution in [1.29, 1.82) is 0 Å². The van der Waals surface area contributed by atoms with Crippen LogP contribution in [0, 0.1) is 5.92 Å². The molecule has 4 nitrogen and oxygen atoms in total. The van der Waals surface area contributed by atoms with E-state index in [1.807, 2.05) is 0 Å². The zero-order valence-electron chi connectivity index (χ0n) is 12.3. The predicted octanol–water partition coefficient (Wildman–Crippen LogP) is 2.22. The third-order valence-corrected chi connectivity index (χ3v) is 5.38. The van der Waals surface area contributed by atoms with Gasteiger partial charge in [-0.2, -0.15) is 0 Å². The van der Waals surface area contributed by atoms with Crippen LogP contribution in [0.3, 0.4) is 0 Å². The Morgan fingerprint density at radius 1 is 1.26 bits per heavy atom. The molecular formula is C15H28N2O2. The molecule has 0 aromatic heterocycles. The molecule has 3 N–H and O–H groups in total. The number of carboxylic acid groups (broad SMARTS) is 1. The van der Waals surface area contributed by atoms with Crippen LogP contribution in [0.5, 0.6) is 0 Å². The summed E-state index contributed by atoms with van der Waals surface area (Å²) in [6.07, 6.45) is 7.34. The van der Waals surface area contributed by atoms with Crippen molar-refractivity contribution in [3.8, 4) is 0 Å². The number of carbonyl (C=O) groups is 1. The van der Waals surface area contributed by atoms with Crippen molar-refractivity contribution in [2.45, 2.75) is 76.4 Å². The number of aliphatic carboxylic acids is 1. The predicted molar refractivity (Wildman–Crippen MR) is 76.0 cm³/mol. The molecular weight excluding hydrogens is 240 g/mol. The maximum Gasteiger partial charge on any atom is 0.323 e. The van der Waals surface area contributed by atoms with Crippen molar-refractivity contribution in [2.75, 3.05) is 6.54 Å². The van der Waals surface area contributed by atoms with Gasteiger partial charge in [0.05, 0.1) is 0 Å². The summed E-state index contributed by atoms with van der Waals surface area (Å²) in [5.74, 6) is -0.666. The zero-order chi connectivity index (χ0) is 14.0. The number of rotatable bonds is 4. The van der Waals surface area contributed by atoms with E-state index in [1.54, 1.807) is 0 Å². The smallest absolute Gasteiger partial charge is 0.323 e. The van der Waals surface area contributed by atoms with Gasteiger partial charge < -0.3 is 10.8 Å². The van der Waals surface area contributed by atoms with E-state index < -0.39 is 11.5 Å². The molecule has 4 heteroatoms. The van der Waals surface area contributed by atoms with Gasteiger partial charge in [-0.25, -0.2) is 0 Å². The lowest BCUT2D eigenvalue weighted by molar-refractivity contribution is -0.145. The van der Waals surface area contributed by atoms with E-state index >= 15 is 0 Å². The highest BCUT2D eigenvalue weighted by Gasteiger charge is 2.45. The van der Waals surface area contributed by atoms with Gasteiger partial charge in [-0.1, -0.05) is 12.8 Å². The highest BCUT2D eigenvalue weighted by molar-refractivity contribution is 5.79. The van der Waals surface area contributed by atoms with E-state index in [1.165, 1.54) is 19.3 Å². The molecule has 1 aliphatic heterocycles. The molecule has 0 aromatic carbocycles. The van der Waals surface area contributed by atoms with Crippen molar-refractivity contribution in [1.82, 2.24) is 4.90 Å². The molecule has 0 spiro atoms. The third-order valence-electron chi connectivity index (χ3n) is 5.38.